The maximum atomic E-state index is 5.89. The molecule has 0 amide bonds. The topological polar surface area (TPSA) is 12.9 Å². The molecule has 0 aliphatic carbocycles. The zero-order chi connectivity index (χ0) is 7.56. The van der Waals surface area contributed by atoms with Crippen LogP contribution in [0.5, 0.6) is 0 Å². The highest BCUT2D eigenvalue weighted by atomic mass is 35.5. The monoisotopic (exact) mass is 155 g/mol. The van der Waals surface area contributed by atoms with Crippen molar-refractivity contribution in [1.29, 1.82) is 0 Å². The van der Waals surface area contributed by atoms with Crippen LogP contribution in [0.15, 0.2) is 12.3 Å². The van der Waals surface area contributed by atoms with Gasteiger partial charge >= 0.3 is 0 Å². The molecule has 0 aromatic carbocycles. The maximum Gasteiger partial charge on any atom is 0.0471 e. The first-order valence-corrected chi connectivity index (χ1v) is 3.73. The molecule has 0 saturated heterocycles. The molecule has 1 aromatic heterocycles. The van der Waals surface area contributed by atoms with Crippen LogP contribution in [0.3, 0.4) is 0 Å². The van der Waals surface area contributed by atoms with Gasteiger partial charge in [-0.1, -0.05) is 18.5 Å². The average Bonchev–Trinajstić information content (AvgIpc) is 1.88. The van der Waals surface area contributed by atoms with E-state index in [1.165, 1.54) is 0 Å². The highest BCUT2D eigenvalue weighted by Crippen LogP contribution is 2.17. The van der Waals surface area contributed by atoms with Crippen molar-refractivity contribution in [3.8, 4) is 0 Å². The molecule has 1 heterocycles. The van der Waals surface area contributed by atoms with Gasteiger partial charge in [-0.2, -0.15) is 0 Å². The zero-order valence-corrected chi connectivity index (χ0v) is 6.94. The van der Waals surface area contributed by atoms with Crippen molar-refractivity contribution >= 4 is 11.6 Å². The van der Waals surface area contributed by atoms with Crippen molar-refractivity contribution in [3.05, 3.63) is 28.5 Å². The molecule has 0 atom stereocenters. The predicted molar refractivity (Wildman–Crippen MR) is 43.4 cm³/mol. The summed E-state index contributed by atoms with van der Waals surface area (Å²) in [6, 6.07) is 1.83. The Morgan fingerprint density at radius 2 is 2.30 bits per heavy atom. The zero-order valence-electron chi connectivity index (χ0n) is 6.19. The van der Waals surface area contributed by atoms with Crippen molar-refractivity contribution in [2.75, 3.05) is 0 Å². The summed E-state index contributed by atoms with van der Waals surface area (Å²) in [5, 5.41) is 0.829. The smallest absolute Gasteiger partial charge is 0.0471 e. The summed E-state index contributed by atoms with van der Waals surface area (Å²) >= 11 is 5.89. The first-order chi connectivity index (χ1) is 4.75. The highest BCUT2D eigenvalue weighted by Gasteiger charge is 1.99. The Balaban J connectivity index is 3.17. The van der Waals surface area contributed by atoms with Crippen LogP contribution in [0.2, 0.25) is 5.02 Å². The van der Waals surface area contributed by atoms with Gasteiger partial charge in [-0.05, 0) is 25.0 Å². The van der Waals surface area contributed by atoms with Crippen LogP contribution >= 0.6 is 11.6 Å². The Morgan fingerprint density at radius 1 is 1.60 bits per heavy atom. The molecule has 0 aliphatic rings. The first-order valence-electron chi connectivity index (χ1n) is 3.35. The molecule has 0 N–H and O–H groups in total. The molecule has 54 valence electrons. The fourth-order valence-corrected chi connectivity index (χ4v) is 1.32. The first kappa shape index (κ1) is 7.55. The van der Waals surface area contributed by atoms with Crippen molar-refractivity contribution in [2.45, 2.75) is 20.3 Å². The maximum absolute atomic E-state index is 5.89. The van der Waals surface area contributed by atoms with E-state index < -0.39 is 0 Å². The van der Waals surface area contributed by atoms with Crippen LogP contribution in [0, 0.1) is 6.92 Å². The third kappa shape index (κ3) is 1.29. The van der Waals surface area contributed by atoms with Gasteiger partial charge < -0.3 is 0 Å². The second-order valence-corrected chi connectivity index (χ2v) is 2.62. The van der Waals surface area contributed by atoms with E-state index in [0.717, 1.165) is 22.7 Å². The lowest BCUT2D eigenvalue weighted by molar-refractivity contribution is 1.05. The Bertz CT molecular complexity index is 212. The number of aryl methyl sites for hydroxylation is 1. The summed E-state index contributed by atoms with van der Waals surface area (Å²) < 4.78 is 0. The summed E-state index contributed by atoms with van der Waals surface area (Å²) in [5.41, 5.74) is 2.19. The molecule has 1 nitrogen and oxygen atoms in total. The molecule has 0 saturated carbocycles. The van der Waals surface area contributed by atoms with Gasteiger partial charge in [0.25, 0.3) is 0 Å². The number of rotatable bonds is 1. The largest absolute Gasteiger partial charge is 0.261 e. The molecule has 1 rings (SSSR count). The van der Waals surface area contributed by atoms with Gasteiger partial charge in [-0.25, -0.2) is 0 Å². The predicted octanol–water partition coefficient (Wildman–Crippen LogP) is 2.61. The molecule has 0 fully saturated rings. The molecule has 2 heteroatoms. The van der Waals surface area contributed by atoms with Crippen molar-refractivity contribution in [2.24, 2.45) is 0 Å². The van der Waals surface area contributed by atoms with Crippen LogP contribution in [0.4, 0.5) is 0 Å². The van der Waals surface area contributed by atoms with Crippen LogP contribution < -0.4 is 0 Å². The minimum absolute atomic E-state index is 0.829. The van der Waals surface area contributed by atoms with Gasteiger partial charge in [0.15, 0.2) is 0 Å². The van der Waals surface area contributed by atoms with E-state index in [0.29, 0.717) is 0 Å². The molecule has 0 unspecified atom stereocenters. The van der Waals surface area contributed by atoms with E-state index in [-0.39, 0.29) is 0 Å². The number of aromatic nitrogens is 1. The minimum atomic E-state index is 0.829. The number of nitrogens with zero attached hydrogens (tertiary/aromatic N) is 1. The number of hydrogen-bond donors (Lipinski definition) is 0. The van der Waals surface area contributed by atoms with Crippen LogP contribution in [0.1, 0.15) is 18.2 Å². The molecule has 10 heavy (non-hydrogen) atoms. The summed E-state index contributed by atoms with van der Waals surface area (Å²) in [7, 11) is 0. The van der Waals surface area contributed by atoms with Crippen LogP contribution in [-0.2, 0) is 6.42 Å². The molecule has 0 spiro atoms. The third-order valence-corrected chi connectivity index (χ3v) is 1.92. The second-order valence-electron chi connectivity index (χ2n) is 2.21. The summed E-state index contributed by atoms with van der Waals surface area (Å²) in [6.45, 7) is 4.06. The highest BCUT2D eigenvalue weighted by molar-refractivity contribution is 6.31. The molecule has 0 radical (unpaired) electrons. The lowest BCUT2D eigenvalue weighted by Gasteiger charge is -2.02. The summed E-state index contributed by atoms with van der Waals surface area (Å²) in [6.07, 6.45) is 2.69. The van der Waals surface area contributed by atoms with Gasteiger partial charge in [0.05, 0.1) is 0 Å². The van der Waals surface area contributed by atoms with Gasteiger partial charge in [0, 0.05) is 16.9 Å². The standard InChI is InChI=1S/C8H10ClN/c1-3-7-6(2)10-5-4-8(7)9/h4-5H,3H2,1-2H3. The normalized spacial score (nSPS) is 9.90. The molecular weight excluding hydrogens is 146 g/mol. The minimum Gasteiger partial charge on any atom is -0.261 e. The lowest BCUT2D eigenvalue weighted by atomic mass is 10.1. The molecule has 1 aromatic rings. The van der Waals surface area contributed by atoms with E-state index in [1.54, 1.807) is 6.20 Å². The summed E-state index contributed by atoms with van der Waals surface area (Å²) in [5.74, 6) is 0. The van der Waals surface area contributed by atoms with Crippen molar-refractivity contribution in [3.63, 3.8) is 0 Å². The number of hydrogen-bond acceptors (Lipinski definition) is 1. The molecular formula is C8H10ClN. The van der Waals surface area contributed by atoms with Crippen LogP contribution in [0.25, 0.3) is 0 Å². The van der Waals surface area contributed by atoms with Gasteiger partial charge in [-0.15, -0.1) is 0 Å². The SMILES string of the molecule is CCc1c(Cl)ccnc1C. The Hall–Kier alpha value is -0.560. The molecule has 0 bridgehead atoms. The van der Waals surface area contributed by atoms with Gasteiger partial charge in [0.1, 0.15) is 0 Å². The Morgan fingerprint density at radius 3 is 2.70 bits per heavy atom. The second kappa shape index (κ2) is 3.02. The van der Waals surface area contributed by atoms with E-state index in [9.17, 15) is 0 Å². The fraction of sp³-hybridized carbons (Fsp3) is 0.375. The Kier molecular flexibility index (Phi) is 2.28. The lowest BCUT2D eigenvalue weighted by Crippen LogP contribution is -1.90. The van der Waals surface area contributed by atoms with E-state index >= 15 is 0 Å². The summed E-state index contributed by atoms with van der Waals surface area (Å²) in [4.78, 5) is 4.13. The van der Waals surface area contributed by atoms with Gasteiger partial charge in [-0.3, -0.25) is 4.98 Å². The fourth-order valence-electron chi connectivity index (χ4n) is 0.991. The van der Waals surface area contributed by atoms with Gasteiger partial charge in [0.2, 0.25) is 0 Å². The Labute approximate surface area is 66.0 Å². The number of pyridine rings is 1. The quantitative estimate of drug-likeness (QED) is 0.608. The van der Waals surface area contributed by atoms with E-state index in [1.807, 2.05) is 13.0 Å². The van der Waals surface area contributed by atoms with Crippen molar-refractivity contribution < 1.29 is 0 Å². The van der Waals surface area contributed by atoms with E-state index in [2.05, 4.69) is 11.9 Å². The van der Waals surface area contributed by atoms with E-state index in [4.69, 9.17) is 11.6 Å². The van der Waals surface area contributed by atoms with Crippen molar-refractivity contribution in [1.82, 2.24) is 4.98 Å². The molecule has 0 aliphatic heterocycles. The van der Waals surface area contributed by atoms with Crippen LogP contribution in [-0.4, -0.2) is 4.98 Å². The average molecular weight is 156 g/mol. The third-order valence-electron chi connectivity index (χ3n) is 1.57. The number of halogens is 1.